The summed E-state index contributed by atoms with van der Waals surface area (Å²) in [6.07, 6.45) is 0.688. The third kappa shape index (κ3) is 8.08. The van der Waals surface area contributed by atoms with E-state index in [2.05, 4.69) is 18.7 Å². The molecule has 5 heteroatoms. The van der Waals surface area contributed by atoms with Crippen LogP contribution in [0, 0.1) is 5.92 Å². The Morgan fingerprint density at radius 3 is 2.36 bits per heavy atom. The van der Waals surface area contributed by atoms with Crippen LogP contribution in [0.5, 0.6) is 11.5 Å². The third-order valence-corrected chi connectivity index (χ3v) is 3.99. The van der Waals surface area contributed by atoms with Crippen LogP contribution in [-0.4, -0.2) is 56.1 Å². The lowest BCUT2D eigenvalue weighted by molar-refractivity contribution is -0.0100. The van der Waals surface area contributed by atoms with Gasteiger partial charge >= 0.3 is 0 Å². The number of hydrogen-bond acceptors (Lipinski definition) is 5. The van der Waals surface area contributed by atoms with E-state index in [1.807, 2.05) is 32.0 Å². The molecule has 1 aromatic rings. The summed E-state index contributed by atoms with van der Waals surface area (Å²) in [4.78, 5) is 2.26. The molecule has 0 saturated heterocycles. The average Bonchev–Trinajstić information content (AvgIpc) is 2.57. The number of nitrogens with zero attached hydrogens (tertiary/aromatic N) is 1. The molecule has 5 nitrogen and oxygen atoms in total. The number of rotatable bonds is 12. The van der Waals surface area contributed by atoms with Crippen LogP contribution in [-0.2, 0) is 11.3 Å². The van der Waals surface area contributed by atoms with Crippen LogP contribution in [0.1, 0.15) is 39.7 Å². The summed E-state index contributed by atoms with van der Waals surface area (Å²) in [6.45, 7) is 10.9. The fourth-order valence-corrected chi connectivity index (χ4v) is 2.65. The first-order chi connectivity index (χ1) is 11.9. The SMILES string of the molecule is COc1cccc(CN(CCC(C)C)C[C@@H](O)COC(C)C)c1OC. The standard InChI is InChI=1S/C20H35NO4/c1-15(2)10-11-21(13-18(22)14-25-16(3)4)12-17-8-7-9-19(23-5)20(17)24-6/h7-9,15-16,18,22H,10-14H2,1-6H3/t18-/m1/s1. The van der Waals surface area contributed by atoms with Crippen molar-refractivity contribution in [2.24, 2.45) is 5.92 Å². The van der Waals surface area contributed by atoms with Gasteiger partial charge in [-0.15, -0.1) is 0 Å². The molecule has 1 aromatic carbocycles. The van der Waals surface area contributed by atoms with E-state index in [-0.39, 0.29) is 6.10 Å². The van der Waals surface area contributed by atoms with Crippen LogP contribution < -0.4 is 9.47 Å². The van der Waals surface area contributed by atoms with Crippen LogP contribution in [0.2, 0.25) is 0 Å². The van der Waals surface area contributed by atoms with Crippen molar-refractivity contribution in [1.82, 2.24) is 4.90 Å². The molecule has 0 unspecified atom stereocenters. The summed E-state index contributed by atoms with van der Waals surface area (Å²) in [5.74, 6) is 2.10. The molecule has 0 radical (unpaired) electrons. The van der Waals surface area contributed by atoms with E-state index in [0.29, 0.717) is 25.6 Å². The zero-order valence-corrected chi connectivity index (χ0v) is 16.6. The smallest absolute Gasteiger partial charge is 0.165 e. The van der Waals surface area contributed by atoms with Gasteiger partial charge in [0, 0.05) is 18.7 Å². The Morgan fingerprint density at radius 1 is 1.08 bits per heavy atom. The Balaban J connectivity index is 2.82. The van der Waals surface area contributed by atoms with Gasteiger partial charge in [0.1, 0.15) is 0 Å². The molecule has 0 aliphatic heterocycles. The Kier molecular flexibility index (Phi) is 9.86. The van der Waals surface area contributed by atoms with E-state index in [9.17, 15) is 5.11 Å². The maximum atomic E-state index is 10.3. The highest BCUT2D eigenvalue weighted by Crippen LogP contribution is 2.31. The number of aliphatic hydroxyl groups excluding tert-OH is 1. The number of aliphatic hydroxyl groups is 1. The molecule has 0 amide bonds. The molecular formula is C20H35NO4. The number of para-hydroxylation sites is 1. The van der Waals surface area contributed by atoms with Crippen LogP contribution in [0.4, 0.5) is 0 Å². The van der Waals surface area contributed by atoms with Crippen molar-refractivity contribution >= 4 is 0 Å². The molecule has 144 valence electrons. The minimum absolute atomic E-state index is 0.122. The predicted molar refractivity (Wildman–Crippen MR) is 101 cm³/mol. The first-order valence-corrected chi connectivity index (χ1v) is 9.09. The largest absolute Gasteiger partial charge is 0.493 e. The summed E-state index contributed by atoms with van der Waals surface area (Å²) in [7, 11) is 3.30. The lowest BCUT2D eigenvalue weighted by Gasteiger charge is -2.27. The topological polar surface area (TPSA) is 51.2 Å². The van der Waals surface area contributed by atoms with Gasteiger partial charge in [-0.05, 0) is 38.8 Å². The fourth-order valence-electron chi connectivity index (χ4n) is 2.65. The second-order valence-electron chi connectivity index (χ2n) is 7.11. The van der Waals surface area contributed by atoms with Gasteiger partial charge in [-0.1, -0.05) is 26.0 Å². The minimum atomic E-state index is -0.508. The van der Waals surface area contributed by atoms with Crippen molar-refractivity contribution in [3.63, 3.8) is 0 Å². The summed E-state index contributed by atoms with van der Waals surface area (Å²) in [5.41, 5.74) is 1.06. The van der Waals surface area contributed by atoms with Crippen molar-refractivity contribution in [2.45, 2.75) is 52.9 Å². The summed E-state index contributed by atoms with van der Waals surface area (Å²) < 4.78 is 16.5. The summed E-state index contributed by atoms with van der Waals surface area (Å²) in [5, 5.41) is 10.3. The van der Waals surface area contributed by atoms with E-state index < -0.39 is 6.10 Å². The molecule has 0 bridgehead atoms. The molecule has 25 heavy (non-hydrogen) atoms. The van der Waals surface area contributed by atoms with Gasteiger partial charge in [-0.2, -0.15) is 0 Å². The molecular weight excluding hydrogens is 318 g/mol. The first kappa shape index (κ1) is 21.7. The monoisotopic (exact) mass is 353 g/mol. The molecule has 0 spiro atoms. The van der Waals surface area contributed by atoms with E-state index >= 15 is 0 Å². The van der Waals surface area contributed by atoms with Crippen molar-refractivity contribution in [3.8, 4) is 11.5 Å². The number of ether oxygens (including phenoxy) is 3. The van der Waals surface area contributed by atoms with Crippen LogP contribution in [0.25, 0.3) is 0 Å². The average molecular weight is 354 g/mol. The lowest BCUT2D eigenvalue weighted by Crippen LogP contribution is -2.36. The van der Waals surface area contributed by atoms with E-state index in [1.165, 1.54) is 0 Å². The van der Waals surface area contributed by atoms with Gasteiger partial charge in [-0.25, -0.2) is 0 Å². The molecule has 0 aromatic heterocycles. The fraction of sp³-hybridized carbons (Fsp3) is 0.700. The van der Waals surface area contributed by atoms with E-state index in [0.717, 1.165) is 30.0 Å². The number of methoxy groups -OCH3 is 2. The highest BCUT2D eigenvalue weighted by molar-refractivity contribution is 5.46. The van der Waals surface area contributed by atoms with Gasteiger partial charge in [0.15, 0.2) is 11.5 Å². The first-order valence-electron chi connectivity index (χ1n) is 9.09. The van der Waals surface area contributed by atoms with Gasteiger partial charge in [0.25, 0.3) is 0 Å². The normalized spacial score (nSPS) is 12.9. The van der Waals surface area contributed by atoms with E-state index in [4.69, 9.17) is 14.2 Å². The minimum Gasteiger partial charge on any atom is -0.493 e. The second kappa shape index (κ2) is 11.3. The Morgan fingerprint density at radius 2 is 1.80 bits per heavy atom. The molecule has 0 saturated carbocycles. The highest BCUT2D eigenvalue weighted by Gasteiger charge is 2.17. The molecule has 1 N–H and O–H groups in total. The number of benzene rings is 1. The molecule has 0 aliphatic carbocycles. The van der Waals surface area contributed by atoms with Gasteiger partial charge in [-0.3, -0.25) is 4.90 Å². The van der Waals surface area contributed by atoms with Crippen molar-refractivity contribution in [1.29, 1.82) is 0 Å². The lowest BCUT2D eigenvalue weighted by atomic mass is 10.1. The van der Waals surface area contributed by atoms with Crippen LogP contribution in [0.3, 0.4) is 0 Å². The molecule has 0 heterocycles. The Labute approximate surface area is 152 Å². The predicted octanol–water partition coefficient (Wildman–Crippen LogP) is 3.34. The third-order valence-electron chi connectivity index (χ3n) is 3.99. The zero-order valence-electron chi connectivity index (χ0n) is 16.6. The molecule has 1 atom stereocenters. The maximum absolute atomic E-state index is 10.3. The zero-order chi connectivity index (χ0) is 18.8. The summed E-state index contributed by atoms with van der Waals surface area (Å²) in [6, 6.07) is 5.91. The van der Waals surface area contributed by atoms with E-state index in [1.54, 1.807) is 14.2 Å². The van der Waals surface area contributed by atoms with Crippen LogP contribution >= 0.6 is 0 Å². The van der Waals surface area contributed by atoms with Gasteiger partial charge in [0.05, 0.1) is 33.0 Å². The van der Waals surface area contributed by atoms with Crippen molar-refractivity contribution in [2.75, 3.05) is 33.9 Å². The van der Waals surface area contributed by atoms with Crippen LogP contribution in [0.15, 0.2) is 18.2 Å². The van der Waals surface area contributed by atoms with Gasteiger partial charge in [0.2, 0.25) is 0 Å². The van der Waals surface area contributed by atoms with Crippen molar-refractivity contribution < 1.29 is 19.3 Å². The maximum Gasteiger partial charge on any atom is 0.165 e. The molecule has 1 rings (SSSR count). The summed E-state index contributed by atoms with van der Waals surface area (Å²) >= 11 is 0. The number of hydrogen-bond donors (Lipinski definition) is 1. The Bertz CT molecular complexity index is 491. The Hall–Kier alpha value is -1.30. The highest BCUT2D eigenvalue weighted by atomic mass is 16.5. The van der Waals surface area contributed by atoms with Gasteiger partial charge < -0.3 is 19.3 Å². The second-order valence-corrected chi connectivity index (χ2v) is 7.11. The molecule has 0 fully saturated rings. The van der Waals surface area contributed by atoms with Crippen molar-refractivity contribution in [3.05, 3.63) is 23.8 Å². The quantitative estimate of drug-likeness (QED) is 0.625. The molecule has 0 aliphatic rings.